The molecule has 54 heavy (non-hydrogen) atoms. The van der Waals surface area contributed by atoms with Crippen molar-refractivity contribution in [3.05, 3.63) is 205 Å². The van der Waals surface area contributed by atoms with E-state index in [1.807, 2.05) is 0 Å². The van der Waals surface area contributed by atoms with Crippen LogP contribution in [-0.4, -0.2) is 0 Å². The highest BCUT2D eigenvalue weighted by molar-refractivity contribution is 6.22. The quantitative estimate of drug-likeness (QED) is 0.162. The normalized spacial score (nSPS) is 12.8. The van der Waals surface area contributed by atoms with Crippen LogP contribution in [-0.2, 0) is 6.42 Å². The molecular formula is C54H36. The van der Waals surface area contributed by atoms with E-state index in [9.17, 15) is 0 Å². The van der Waals surface area contributed by atoms with E-state index in [0.717, 1.165) is 12.8 Å². The van der Waals surface area contributed by atoms with E-state index in [4.69, 9.17) is 0 Å². The van der Waals surface area contributed by atoms with Gasteiger partial charge in [0, 0.05) is 0 Å². The molecule has 0 aliphatic heterocycles. The third-order valence-electron chi connectivity index (χ3n) is 11.7. The fourth-order valence-corrected chi connectivity index (χ4v) is 9.16. The lowest BCUT2D eigenvalue weighted by atomic mass is 9.83. The molecule has 0 atom stereocenters. The number of fused-ring (bicyclic) bond motifs is 6. The van der Waals surface area contributed by atoms with Crippen molar-refractivity contribution in [1.82, 2.24) is 0 Å². The molecule has 0 spiro atoms. The van der Waals surface area contributed by atoms with E-state index in [1.165, 1.54) is 110 Å². The third-order valence-corrected chi connectivity index (χ3v) is 11.7. The summed E-state index contributed by atoms with van der Waals surface area (Å²) in [5.74, 6) is 0. The van der Waals surface area contributed by atoms with Crippen molar-refractivity contribution in [2.45, 2.75) is 12.8 Å². The van der Waals surface area contributed by atoms with Crippen LogP contribution in [0.2, 0.25) is 0 Å². The van der Waals surface area contributed by atoms with Gasteiger partial charge in [-0.3, -0.25) is 0 Å². The first-order valence-electron chi connectivity index (χ1n) is 19.0. The molecule has 11 rings (SSSR count). The second-order valence-corrected chi connectivity index (χ2v) is 14.8. The fraction of sp³-hybridized carbons (Fsp3) is 0.0370. The van der Waals surface area contributed by atoms with Gasteiger partial charge in [0.15, 0.2) is 0 Å². The highest BCUT2D eigenvalue weighted by atomic mass is 14.2. The average molecular weight is 685 g/mol. The van der Waals surface area contributed by atoms with Gasteiger partial charge >= 0.3 is 0 Å². The zero-order valence-electron chi connectivity index (χ0n) is 29.9. The van der Waals surface area contributed by atoms with Crippen molar-refractivity contribution >= 4 is 65.5 Å². The monoisotopic (exact) mass is 684 g/mol. The van der Waals surface area contributed by atoms with E-state index < -0.39 is 0 Å². The molecule has 0 unspecified atom stereocenters. The number of rotatable bonds is 4. The summed E-state index contributed by atoms with van der Waals surface area (Å²) in [6.45, 7) is 0. The molecule has 252 valence electrons. The average Bonchev–Trinajstić information content (AvgIpc) is 3.24. The summed E-state index contributed by atoms with van der Waals surface area (Å²) in [4.78, 5) is 0. The second-order valence-electron chi connectivity index (χ2n) is 14.8. The lowest BCUT2D eigenvalue weighted by Crippen LogP contribution is -2.00. The van der Waals surface area contributed by atoms with Crippen molar-refractivity contribution in [1.29, 1.82) is 0 Å². The molecule has 0 fully saturated rings. The predicted octanol–water partition coefficient (Wildman–Crippen LogP) is 14.9. The molecule has 0 amide bonds. The lowest BCUT2D eigenvalue weighted by Gasteiger charge is -2.21. The molecule has 0 saturated carbocycles. The van der Waals surface area contributed by atoms with Gasteiger partial charge in [-0.05, 0) is 134 Å². The summed E-state index contributed by atoms with van der Waals surface area (Å²) in [5, 5.41) is 12.8. The first-order valence-corrected chi connectivity index (χ1v) is 19.0. The summed E-state index contributed by atoms with van der Waals surface area (Å²) >= 11 is 0. The Morgan fingerprint density at radius 1 is 0.296 bits per heavy atom. The van der Waals surface area contributed by atoms with E-state index in [1.54, 1.807) is 0 Å². The maximum absolute atomic E-state index is 2.46. The van der Waals surface area contributed by atoms with Crippen molar-refractivity contribution in [3.8, 4) is 33.4 Å². The van der Waals surface area contributed by atoms with Gasteiger partial charge in [0.25, 0.3) is 0 Å². The molecule has 1 aliphatic carbocycles. The van der Waals surface area contributed by atoms with E-state index in [0.29, 0.717) is 0 Å². The zero-order chi connectivity index (χ0) is 35.6. The van der Waals surface area contributed by atoms with Crippen molar-refractivity contribution in [2.24, 2.45) is 0 Å². The summed E-state index contributed by atoms with van der Waals surface area (Å²) in [7, 11) is 0. The van der Waals surface area contributed by atoms with Gasteiger partial charge in [-0.2, -0.15) is 0 Å². The van der Waals surface area contributed by atoms with Crippen LogP contribution in [0.1, 0.15) is 23.1 Å². The van der Waals surface area contributed by atoms with Crippen LogP contribution in [0.15, 0.2) is 188 Å². The molecule has 0 aromatic heterocycles. The van der Waals surface area contributed by atoms with Gasteiger partial charge in [-0.25, -0.2) is 0 Å². The minimum absolute atomic E-state index is 1.03. The minimum Gasteiger partial charge on any atom is -0.0616 e. The summed E-state index contributed by atoms with van der Waals surface area (Å²) in [6, 6.07) is 69.8. The molecule has 0 heterocycles. The van der Waals surface area contributed by atoms with Crippen LogP contribution in [0.3, 0.4) is 0 Å². The Morgan fingerprint density at radius 3 is 1.39 bits per heavy atom. The number of aryl methyl sites for hydroxylation is 1. The molecule has 0 saturated heterocycles. The van der Waals surface area contributed by atoms with Gasteiger partial charge in [-0.1, -0.05) is 182 Å². The number of hydrogen-bond acceptors (Lipinski definition) is 0. The van der Waals surface area contributed by atoms with Crippen LogP contribution in [0.5, 0.6) is 0 Å². The minimum atomic E-state index is 1.03. The van der Waals surface area contributed by atoms with E-state index in [-0.39, 0.29) is 0 Å². The largest absolute Gasteiger partial charge is 0.0616 e. The standard InChI is InChI=1S/C54H36/c1-3-15-45-35(11-1)13-9-21-47(45)41-27-23-39-33-43(29-25-37(39)31-41)53-49-17-5-7-19-51(49)54(52-20-8-6-18-50(52)53)44-30-26-38-32-42(28-24-40(38)34-44)48-22-10-14-36-12-2-4-16-46(36)48/h1-23,25-27,29-34H,24,28H2. The van der Waals surface area contributed by atoms with Crippen LogP contribution < -0.4 is 0 Å². The van der Waals surface area contributed by atoms with Crippen LogP contribution in [0, 0.1) is 0 Å². The smallest absolute Gasteiger partial charge is 0.00262 e. The Labute approximate surface area is 315 Å². The molecule has 0 N–H and O–H groups in total. The zero-order valence-corrected chi connectivity index (χ0v) is 29.9. The molecule has 10 aromatic rings. The molecule has 0 bridgehead atoms. The Hall–Kier alpha value is -6.76. The van der Waals surface area contributed by atoms with Gasteiger partial charge in [-0.15, -0.1) is 0 Å². The molecule has 0 nitrogen and oxygen atoms in total. The highest BCUT2D eigenvalue weighted by Gasteiger charge is 2.19. The van der Waals surface area contributed by atoms with Crippen molar-refractivity contribution in [3.63, 3.8) is 0 Å². The number of benzene rings is 10. The Bertz CT molecular complexity index is 3090. The van der Waals surface area contributed by atoms with Crippen molar-refractivity contribution in [2.75, 3.05) is 0 Å². The third kappa shape index (κ3) is 4.99. The summed E-state index contributed by atoms with van der Waals surface area (Å²) in [5.41, 5.74) is 13.2. The molecule has 10 aromatic carbocycles. The summed E-state index contributed by atoms with van der Waals surface area (Å²) in [6.07, 6.45) is 4.50. The maximum Gasteiger partial charge on any atom is -0.00262 e. The Balaban J connectivity index is 1.03. The van der Waals surface area contributed by atoms with Crippen LogP contribution in [0.4, 0.5) is 0 Å². The van der Waals surface area contributed by atoms with Gasteiger partial charge in [0.2, 0.25) is 0 Å². The van der Waals surface area contributed by atoms with Gasteiger partial charge in [0.1, 0.15) is 0 Å². The van der Waals surface area contributed by atoms with Crippen molar-refractivity contribution < 1.29 is 0 Å². The summed E-state index contributed by atoms with van der Waals surface area (Å²) < 4.78 is 0. The number of allylic oxidation sites excluding steroid dienone is 1. The second kappa shape index (κ2) is 12.4. The highest BCUT2D eigenvalue weighted by Crippen LogP contribution is 2.45. The van der Waals surface area contributed by atoms with Gasteiger partial charge < -0.3 is 0 Å². The Morgan fingerprint density at radius 2 is 0.759 bits per heavy atom. The number of hydrogen-bond donors (Lipinski definition) is 0. The first-order chi connectivity index (χ1) is 26.8. The maximum atomic E-state index is 2.46. The topological polar surface area (TPSA) is 0 Å². The molecular weight excluding hydrogens is 649 g/mol. The molecule has 0 heteroatoms. The van der Waals surface area contributed by atoms with Gasteiger partial charge in [0.05, 0.1) is 0 Å². The Kier molecular flexibility index (Phi) is 7.10. The lowest BCUT2D eigenvalue weighted by molar-refractivity contribution is 1.00. The van der Waals surface area contributed by atoms with Crippen LogP contribution >= 0.6 is 0 Å². The van der Waals surface area contributed by atoms with Crippen LogP contribution in [0.25, 0.3) is 98.9 Å². The SMILES string of the molecule is C1=C(c2cccc3ccccc23)CCc2cc(-c3c4ccccc4c(-c4ccc5cc(-c6cccc7ccccc67)ccc5c4)c4ccccc34)ccc21. The van der Waals surface area contributed by atoms with E-state index in [2.05, 4.69) is 194 Å². The van der Waals surface area contributed by atoms with E-state index >= 15 is 0 Å². The fourth-order valence-electron chi connectivity index (χ4n) is 9.16. The predicted molar refractivity (Wildman–Crippen MR) is 233 cm³/mol. The molecule has 1 aliphatic rings. The first kappa shape index (κ1) is 30.8. The molecule has 0 radical (unpaired) electrons.